The number of carbonyl (C=O) groups is 1. The van der Waals surface area contributed by atoms with E-state index in [4.69, 9.17) is 11.6 Å². The lowest BCUT2D eigenvalue weighted by atomic mass is 10.1. The van der Waals surface area contributed by atoms with Crippen molar-refractivity contribution in [2.45, 2.75) is 5.03 Å². The smallest absolute Gasteiger partial charge is 0.248 e. The number of nitrogens with zero attached hydrogens (tertiary/aromatic N) is 1. The van der Waals surface area contributed by atoms with E-state index in [0.717, 1.165) is 10.9 Å². The van der Waals surface area contributed by atoms with Crippen LogP contribution in [0, 0.1) is 0 Å². The number of rotatable bonds is 2. The summed E-state index contributed by atoms with van der Waals surface area (Å²) < 4.78 is 23.9. The molecule has 6 nitrogen and oxygen atoms in total. The van der Waals surface area contributed by atoms with Crippen molar-refractivity contribution >= 4 is 26.6 Å². The lowest BCUT2D eigenvalue weighted by molar-refractivity contribution is 0.100. The zero-order valence-corrected chi connectivity index (χ0v) is 9.86. The lowest BCUT2D eigenvalue weighted by Crippen LogP contribution is -2.16. The number of aromatic nitrogens is 1. The highest BCUT2D eigenvalue weighted by atomic mass is 32.2. The molecule has 0 spiro atoms. The summed E-state index contributed by atoms with van der Waals surface area (Å²) in [5.41, 5.74) is 5.87. The van der Waals surface area contributed by atoms with Crippen molar-refractivity contribution in [2.75, 3.05) is 12.1 Å². The molecule has 0 unspecified atom stereocenters. The molecule has 0 fully saturated rings. The predicted molar refractivity (Wildman–Crippen MR) is 63.7 cm³/mol. The van der Waals surface area contributed by atoms with Crippen molar-refractivity contribution < 1.29 is 13.2 Å². The fraction of sp³-hybridized carbons (Fsp3) is 0.100. The number of carbonyl (C=O) groups excluding carboxylic acids is 1. The zero-order valence-electron chi connectivity index (χ0n) is 9.04. The minimum absolute atomic E-state index is 0.00544. The average molecular weight is 253 g/mol. The summed E-state index contributed by atoms with van der Waals surface area (Å²) in [6, 6.07) is 6.05. The number of fused-ring (bicyclic) bond motifs is 1. The van der Waals surface area contributed by atoms with Gasteiger partial charge < -0.3 is 11.6 Å². The number of hydrogen-bond donors (Lipinski definition) is 2. The minimum Gasteiger partial charge on any atom is -0.366 e. The number of benzene rings is 1. The van der Waals surface area contributed by atoms with Gasteiger partial charge in [0.2, 0.25) is 5.91 Å². The van der Waals surface area contributed by atoms with E-state index in [2.05, 4.69) is 0 Å². The van der Waals surface area contributed by atoms with E-state index >= 15 is 0 Å². The first-order valence-electron chi connectivity index (χ1n) is 4.71. The monoisotopic (exact) mass is 253 g/mol. The molecule has 90 valence electrons. The third kappa shape index (κ3) is 1.84. The SMILES string of the molecule is CS(=O)(=O)c1cc2ccc(C(N)=O)cc2n1N. The molecule has 2 aromatic rings. The van der Waals surface area contributed by atoms with Crippen LogP contribution < -0.4 is 11.6 Å². The van der Waals surface area contributed by atoms with Crippen molar-refractivity contribution in [3.63, 3.8) is 0 Å². The highest BCUT2D eigenvalue weighted by molar-refractivity contribution is 7.90. The van der Waals surface area contributed by atoms with Crippen LogP contribution in [0.25, 0.3) is 10.9 Å². The number of hydrogen-bond acceptors (Lipinski definition) is 4. The van der Waals surface area contributed by atoms with Gasteiger partial charge in [-0.2, -0.15) is 0 Å². The quantitative estimate of drug-likeness (QED) is 0.726. The second-order valence-corrected chi connectivity index (χ2v) is 5.73. The van der Waals surface area contributed by atoms with Gasteiger partial charge in [0.1, 0.15) is 0 Å². The summed E-state index contributed by atoms with van der Waals surface area (Å²) in [5, 5.41) is 0.632. The Labute approximate surface area is 97.7 Å². The molecule has 1 amide bonds. The molecule has 2 rings (SSSR count). The minimum atomic E-state index is -3.41. The predicted octanol–water partition coefficient (Wildman–Crippen LogP) is -0.142. The van der Waals surface area contributed by atoms with Gasteiger partial charge in [0, 0.05) is 17.2 Å². The third-order valence-electron chi connectivity index (χ3n) is 2.47. The summed E-state index contributed by atoms with van der Waals surface area (Å²) >= 11 is 0. The van der Waals surface area contributed by atoms with Gasteiger partial charge in [-0.1, -0.05) is 6.07 Å². The van der Waals surface area contributed by atoms with E-state index < -0.39 is 15.7 Å². The molecule has 4 N–H and O–H groups in total. The van der Waals surface area contributed by atoms with E-state index in [9.17, 15) is 13.2 Å². The maximum Gasteiger partial charge on any atom is 0.248 e. The summed E-state index contributed by atoms with van der Waals surface area (Å²) in [7, 11) is -3.41. The van der Waals surface area contributed by atoms with E-state index in [-0.39, 0.29) is 10.6 Å². The molecule has 0 atom stereocenters. The van der Waals surface area contributed by atoms with Crippen LogP contribution in [0.2, 0.25) is 0 Å². The highest BCUT2D eigenvalue weighted by Crippen LogP contribution is 2.22. The van der Waals surface area contributed by atoms with Crippen LogP contribution in [0.1, 0.15) is 10.4 Å². The Hall–Kier alpha value is -2.02. The van der Waals surface area contributed by atoms with Crippen molar-refractivity contribution in [2.24, 2.45) is 5.73 Å². The molecule has 0 aliphatic carbocycles. The Kier molecular flexibility index (Phi) is 2.35. The average Bonchev–Trinajstić information content (AvgIpc) is 2.55. The van der Waals surface area contributed by atoms with Gasteiger partial charge in [-0.25, -0.2) is 8.42 Å². The maximum absolute atomic E-state index is 11.4. The number of nitrogens with two attached hydrogens (primary N) is 2. The molecule has 1 aromatic heterocycles. The Morgan fingerprint density at radius 3 is 2.47 bits per heavy atom. The zero-order chi connectivity index (χ0) is 12.8. The van der Waals surface area contributed by atoms with E-state index in [1.807, 2.05) is 0 Å². The molecular weight excluding hydrogens is 242 g/mol. The van der Waals surface area contributed by atoms with Crippen molar-refractivity contribution in [3.05, 3.63) is 29.8 Å². The Morgan fingerprint density at radius 1 is 1.29 bits per heavy atom. The first kappa shape index (κ1) is 11.5. The van der Waals surface area contributed by atoms with E-state index in [1.165, 1.54) is 18.2 Å². The van der Waals surface area contributed by atoms with E-state index in [0.29, 0.717) is 10.9 Å². The molecule has 7 heteroatoms. The Bertz CT molecular complexity index is 716. The second kappa shape index (κ2) is 3.49. The molecular formula is C10H11N3O3S. The van der Waals surface area contributed by atoms with Crippen LogP contribution in [-0.4, -0.2) is 25.3 Å². The maximum atomic E-state index is 11.4. The van der Waals surface area contributed by atoms with Crippen LogP contribution >= 0.6 is 0 Å². The molecule has 1 aromatic carbocycles. The number of primary amides is 1. The highest BCUT2D eigenvalue weighted by Gasteiger charge is 2.16. The van der Waals surface area contributed by atoms with Gasteiger partial charge in [0.05, 0.1) is 5.52 Å². The Balaban J connectivity index is 2.80. The number of nitrogen functional groups attached to an aromatic ring is 1. The van der Waals surface area contributed by atoms with Crippen molar-refractivity contribution in [1.29, 1.82) is 0 Å². The van der Waals surface area contributed by atoms with Crippen LogP contribution in [-0.2, 0) is 9.84 Å². The van der Waals surface area contributed by atoms with Gasteiger partial charge in [0.15, 0.2) is 14.9 Å². The van der Waals surface area contributed by atoms with E-state index in [1.54, 1.807) is 6.07 Å². The first-order valence-corrected chi connectivity index (χ1v) is 6.60. The van der Waals surface area contributed by atoms with Crippen molar-refractivity contribution in [1.82, 2.24) is 4.68 Å². The second-order valence-electron chi connectivity index (χ2n) is 3.76. The largest absolute Gasteiger partial charge is 0.366 e. The van der Waals surface area contributed by atoms with Crippen LogP contribution in [0.4, 0.5) is 0 Å². The summed E-state index contributed by atoms with van der Waals surface area (Å²) in [4.78, 5) is 11.0. The van der Waals surface area contributed by atoms with Crippen LogP contribution in [0.3, 0.4) is 0 Å². The molecule has 0 saturated heterocycles. The topological polar surface area (TPSA) is 108 Å². The molecule has 0 aliphatic heterocycles. The van der Waals surface area contributed by atoms with Crippen LogP contribution in [0.15, 0.2) is 29.3 Å². The Morgan fingerprint density at radius 2 is 1.94 bits per heavy atom. The molecule has 17 heavy (non-hydrogen) atoms. The van der Waals surface area contributed by atoms with Gasteiger partial charge in [-0.3, -0.25) is 9.47 Å². The van der Waals surface area contributed by atoms with Gasteiger partial charge >= 0.3 is 0 Å². The standard InChI is InChI=1S/C10H11N3O3S/c1-17(15,16)9-5-6-2-3-7(10(11)14)4-8(6)13(9)12/h2-5H,12H2,1H3,(H2,11,14). The lowest BCUT2D eigenvalue weighted by Gasteiger charge is -2.02. The molecule has 1 heterocycles. The van der Waals surface area contributed by atoms with Gasteiger partial charge in [0.25, 0.3) is 0 Å². The first-order chi connectivity index (χ1) is 7.80. The van der Waals surface area contributed by atoms with Gasteiger partial charge in [-0.15, -0.1) is 0 Å². The molecule has 0 bridgehead atoms. The normalized spacial score (nSPS) is 11.8. The fourth-order valence-electron chi connectivity index (χ4n) is 1.63. The number of amides is 1. The third-order valence-corrected chi connectivity index (χ3v) is 3.55. The van der Waals surface area contributed by atoms with Gasteiger partial charge in [-0.05, 0) is 18.2 Å². The summed E-state index contributed by atoms with van der Waals surface area (Å²) in [6.45, 7) is 0. The van der Waals surface area contributed by atoms with Crippen molar-refractivity contribution in [3.8, 4) is 0 Å². The molecule has 0 aliphatic rings. The number of sulfone groups is 1. The molecule has 0 saturated carbocycles. The molecule has 0 radical (unpaired) electrons. The summed E-state index contributed by atoms with van der Waals surface area (Å²) in [5.74, 6) is 5.09. The van der Waals surface area contributed by atoms with Crippen LogP contribution in [0.5, 0.6) is 0 Å². The summed E-state index contributed by atoms with van der Waals surface area (Å²) in [6.07, 6.45) is 1.07. The fourth-order valence-corrected chi connectivity index (χ4v) is 2.43.